The van der Waals surface area contributed by atoms with Crippen LogP contribution in [0.2, 0.25) is 0 Å². The van der Waals surface area contributed by atoms with Gasteiger partial charge in [-0.2, -0.15) is 0 Å². The van der Waals surface area contributed by atoms with E-state index in [2.05, 4.69) is 27.4 Å². The largest absolute Gasteiger partial charge is 0.377 e. The average molecular weight is 170 g/mol. The molecule has 12 heavy (non-hydrogen) atoms. The highest BCUT2D eigenvalue weighted by Crippen LogP contribution is 2.12. The SMILES string of the molecule is C=C(COCCC)CC(C)CC. The third kappa shape index (κ3) is 6.41. The zero-order valence-electron chi connectivity index (χ0n) is 8.73. The van der Waals surface area contributed by atoms with Crippen LogP contribution in [0.15, 0.2) is 12.2 Å². The molecule has 0 heterocycles. The van der Waals surface area contributed by atoms with Crippen LogP contribution in [0.5, 0.6) is 0 Å². The van der Waals surface area contributed by atoms with Gasteiger partial charge in [-0.05, 0) is 18.8 Å². The van der Waals surface area contributed by atoms with Gasteiger partial charge in [0.15, 0.2) is 0 Å². The third-order valence-electron chi connectivity index (χ3n) is 1.99. The first-order chi connectivity index (χ1) is 5.70. The molecule has 0 bridgehead atoms. The van der Waals surface area contributed by atoms with Crippen molar-refractivity contribution in [1.29, 1.82) is 0 Å². The summed E-state index contributed by atoms with van der Waals surface area (Å²) in [5.74, 6) is 0.753. The summed E-state index contributed by atoms with van der Waals surface area (Å²) in [5, 5.41) is 0. The maximum absolute atomic E-state index is 5.39. The van der Waals surface area contributed by atoms with Crippen LogP contribution >= 0.6 is 0 Å². The maximum Gasteiger partial charge on any atom is 0.0674 e. The van der Waals surface area contributed by atoms with Gasteiger partial charge in [-0.3, -0.25) is 0 Å². The van der Waals surface area contributed by atoms with Gasteiger partial charge < -0.3 is 4.74 Å². The Balaban J connectivity index is 3.33. The summed E-state index contributed by atoms with van der Waals surface area (Å²) in [6.45, 7) is 12.2. The van der Waals surface area contributed by atoms with Crippen molar-refractivity contribution in [2.24, 2.45) is 5.92 Å². The van der Waals surface area contributed by atoms with Gasteiger partial charge in [-0.15, -0.1) is 0 Å². The lowest BCUT2D eigenvalue weighted by atomic mass is 10.0. The van der Waals surface area contributed by atoms with Gasteiger partial charge in [-0.1, -0.05) is 39.3 Å². The predicted molar refractivity (Wildman–Crippen MR) is 54.3 cm³/mol. The van der Waals surface area contributed by atoms with Crippen LogP contribution in [0.3, 0.4) is 0 Å². The summed E-state index contributed by atoms with van der Waals surface area (Å²) < 4.78 is 5.39. The van der Waals surface area contributed by atoms with Gasteiger partial charge in [0, 0.05) is 6.61 Å². The van der Waals surface area contributed by atoms with Crippen LogP contribution in [0.1, 0.15) is 40.0 Å². The summed E-state index contributed by atoms with van der Waals surface area (Å²) in [6.07, 6.45) is 3.43. The molecule has 1 nitrogen and oxygen atoms in total. The Hall–Kier alpha value is -0.300. The van der Waals surface area contributed by atoms with Gasteiger partial charge in [-0.25, -0.2) is 0 Å². The molecule has 0 amide bonds. The standard InChI is InChI=1S/C11H22O/c1-5-7-12-9-11(4)8-10(3)6-2/h10H,4-9H2,1-3H3. The summed E-state index contributed by atoms with van der Waals surface area (Å²) in [7, 11) is 0. The second kappa shape index (κ2) is 7.35. The molecule has 0 fully saturated rings. The van der Waals surface area contributed by atoms with Crippen molar-refractivity contribution < 1.29 is 4.74 Å². The van der Waals surface area contributed by atoms with Crippen molar-refractivity contribution in [3.63, 3.8) is 0 Å². The van der Waals surface area contributed by atoms with Crippen LogP contribution in [-0.2, 0) is 4.74 Å². The fourth-order valence-corrected chi connectivity index (χ4v) is 1.06. The van der Waals surface area contributed by atoms with Gasteiger partial charge >= 0.3 is 0 Å². The molecule has 0 aromatic heterocycles. The number of ether oxygens (including phenoxy) is 1. The molecule has 72 valence electrons. The van der Waals surface area contributed by atoms with Crippen LogP contribution in [0, 0.1) is 5.92 Å². The number of hydrogen-bond donors (Lipinski definition) is 0. The maximum atomic E-state index is 5.39. The minimum Gasteiger partial charge on any atom is -0.377 e. The second-order valence-corrected chi connectivity index (χ2v) is 3.52. The molecule has 0 N–H and O–H groups in total. The Morgan fingerprint density at radius 3 is 2.58 bits per heavy atom. The van der Waals surface area contributed by atoms with E-state index in [0.29, 0.717) is 0 Å². The highest BCUT2D eigenvalue weighted by molar-refractivity contribution is 4.95. The summed E-state index contributed by atoms with van der Waals surface area (Å²) >= 11 is 0. The van der Waals surface area contributed by atoms with E-state index in [9.17, 15) is 0 Å². The van der Waals surface area contributed by atoms with Crippen molar-refractivity contribution in [2.75, 3.05) is 13.2 Å². The molecule has 1 atom stereocenters. The second-order valence-electron chi connectivity index (χ2n) is 3.52. The van der Waals surface area contributed by atoms with Crippen molar-refractivity contribution in [1.82, 2.24) is 0 Å². The molecular formula is C11H22O. The molecule has 0 aromatic carbocycles. The molecule has 0 saturated carbocycles. The van der Waals surface area contributed by atoms with E-state index in [1.54, 1.807) is 0 Å². The van der Waals surface area contributed by atoms with Gasteiger partial charge in [0.05, 0.1) is 6.61 Å². The molecule has 0 aliphatic heterocycles. The summed E-state index contributed by atoms with van der Waals surface area (Å²) in [6, 6.07) is 0. The molecule has 0 aliphatic rings. The van der Waals surface area contributed by atoms with Crippen LogP contribution < -0.4 is 0 Å². The first-order valence-electron chi connectivity index (χ1n) is 4.95. The molecule has 0 spiro atoms. The fourth-order valence-electron chi connectivity index (χ4n) is 1.06. The highest BCUT2D eigenvalue weighted by atomic mass is 16.5. The van der Waals surface area contributed by atoms with E-state index in [1.807, 2.05) is 0 Å². The van der Waals surface area contributed by atoms with Crippen LogP contribution in [0.4, 0.5) is 0 Å². The van der Waals surface area contributed by atoms with E-state index in [0.717, 1.165) is 32.0 Å². The van der Waals surface area contributed by atoms with E-state index in [4.69, 9.17) is 4.74 Å². The third-order valence-corrected chi connectivity index (χ3v) is 1.99. The molecule has 0 aliphatic carbocycles. The first-order valence-corrected chi connectivity index (χ1v) is 4.95. The average Bonchev–Trinajstić information content (AvgIpc) is 2.05. The van der Waals surface area contributed by atoms with Crippen LogP contribution in [-0.4, -0.2) is 13.2 Å². The Kier molecular flexibility index (Phi) is 7.17. The zero-order chi connectivity index (χ0) is 9.40. The van der Waals surface area contributed by atoms with Gasteiger partial charge in [0.2, 0.25) is 0 Å². The van der Waals surface area contributed by atoms with E-state index in [-0.39, 0.29) is 0 Å². The normalized spacial score (nSPS) is 12.9. The molecule has 1 unspecified atom stereocenters. The quantitative estimate of drug-likeness (QED) is 0.420. The molecule has 1 heteroatoms. The van der Waals surface area contributed by atoms with E-state index < -0.39 is 0 Å². The fraction of sp³-hybridized carbons (Fsp3) is 0.818. The topological polar surface area (TPSA) is 9.23 Å². The Morgan fingerprint density at radius 2 is 2.08 bits per heavy atom. The number of hydrogen-bond acceptors (Lipinski definition) is 1. The molecule has 0 rings (SSSR count). The monoisotopic (exact) mass is 170 g/mol. The molecule has 0 saturated heterocycles. The van der Waals surface area contributed by atoms with Crippen molar-refractivity contribution in [2.45, 2.75) is 40.0 Å². The molecule has 0 radical (unpaired) electrons. The van der Waals surface area contributed by atoms with E-state index in [1.165, 1.54) is 12.0 Å². The highest BCUT2D eigenvalue weighted by Gasteiger charge is 2.01. The minimum atomic E-state index is 0.748. The lowest BCUT2D eigenvalue weighted by Crippen LogP contribution is -2.02. The molecule has 0 aromatic rings. The Morgan fingerprint density at radius 1 is 1.42 bits per heavy atom. The summed E-state index contributed by atoms with van der Waals surface area (Å²) in [4.78, 5) is 0. The molecular weight excluding hydrogens is 148 g/mol. The van der Waals surface area contributed by atoms with Crippen molar-refractivity contribution >= 4 is 0 Å². The van der Waals surface area contributed by atoms with Crippen LogP contribution in [0.25, 0.3) is 0 Å². The van der Waals surface area contributed by atoms with Crippen molar-refractivity contribution in [3.05, 3.63) is 12.2 Å². The Bertz CT molecular complexity index is 118. The first kappa shape index (κ1) is 11.7. The van der Waals surface area contributed by atoms with E-state index >= 15 is 0 Å². The summed E-state index contributed by atoms with van der Waals surface area (Å²) in [5.41, 5.74) is 1.23. The smallest absolute Gasteiger partial charge is 0.0674 e. The lowest BCUT2D eigenvalue weighted by Gasteiger charge is -2.10. The zero-order valence-corrected chi connectivity index (χ0v) is 8.73. The number of rotatable bonds is 7. The Labute approximate surface area is 76.8 Å². The predicted octanol–water partition coefficient (Wildman–Crippen LogP) is 3.41. The van der Waals surface area contributed by atoms with Gasteiger partial charge in [0.25, 0.3) is 0 Å². The van der Waals surface area contributed by atoms with Crippen molar-refractivity contribution in [3.8, 4) is 0 Å². The van der Waals surface area contributed by atoms with Gasteiger partial charge in [0.1, 0.15) is 0 Å². The minimum absolute atomic E-state index is 0.748. The lowest BCUT2D eigenvalue weighted by molar-refractivity contribution is 0.153.